The summed E-state index contributed by atoms with van der Waals surface area (Å²) in [5.41, 5.74) is 6.10. The molecule has 1 saturated heterocycles. The maximum atomic E-state index is 12.2. The fraction of sp³-hybridized carbons (Fsp3) is 0.929. The Kier molecular flexibility index (Phi) is 4.43. The van der Waals surface area contributed by atoms with E-state index in [9.17, 15) is 4.79 Å². The zero-order valence-corrected chi connectivity index (χ0v) is 11.0. The highest BCUT2D eigenvalue weighted by Crippen LogP contribution is 2.28. The smallest absolute Gasteiger partial charge is 0.239 e. The van der Waals surface area contributed by atoms with Gasteiger partial charge in [0.05, 0.1) is 6.04 Å². The van der Waals surface area contributed by atoms with Gasteiger partial charge in [-0.3, -0.25) is 4.79 Å². The van der Waals surface area contributed by atoms with E-state index in [0.717, 1.165) is 25.8 Å². The molecule has 2 aliphatic rings. The predicted molar refractivity (Wildman–Crippen MR) is 69.6 cm³/mol. The first kappa shape index (κ1) is 12.9. The molecular weight excluding hydrogens is 212 g/mol. The lowest BCUT2D eigenvalue weighted by atomic mass is 9.85. The zero-order valence-electron chi connectivity index (χ0n) is 11.0. The Balaban J connectivity index is 1.81. The molecule has 2 unspecified atom stereocenters. The molecule has 3 nitrogen and oxygen atoms in total. The maximum Gasteiger partial charge on any atom is 0.239 e. The van der Waals surface area contributed by atoms with Crippen LogP contribution in [0, 0.1) is 5.92 Å². The predicted octanol–water partition coefficient (Wildman–Crippen LogP) is 2.29. The number of likely N-dealkylation sites (tertiary alicyclic amines) is 1. The highest BCUT2D eigenvalue weighted by atomic mass is 16.2. The molecule has 2 atom stereocenters. The van der Waals surface area contributed by atoms with Gasteiger partial charge in [-0.2, -0.15) is 0 Å². The van der Waals surface area contributed by atoms with Gasteiger partial charge in [-0.25, -0.2) is 0 Å². The molecule has 1 aliphatic heterocycles. The van der Waals surface area contributed by atoms with Gasteiger partial charge in [-0.1, -0.05) is 32.1 Å². The van der Waals surface area contributed by atoms with Gasteiger partial charge in [-0.05, 0) is 32.1 Å². The van der Waals surface area contributed by atoms with Crippen LogP contribution in [-0.4, -0.2) is 29.4 Å². The van der Waals surface area contributed by atoms with Gasteiger partial charge in [0.25, 0.3) is 0 Å². The summed E-state index contributed by atoms with van der Waals surface area (Å²) in [5, 5.41) is 0. The van der Waals surface area contributed by atoms with E-state index in [2.05, 4.69) is 6.92 Å². The number of hydrogen-bond acceptors (Lipinski definition) is 2. The Bertz CT molecular complexity index is 261. The number of rotatable bonds is 3. The van der Waals surface area contributed by atoms with Crippen LogP contribution in [0.2, 0.25) is 0 Å². The molecule has 0 aromatic heterocycles. The number of nitrogens with two attached hydrogens (primary N) is 1. The van der Waals surface area contributed by atoms with Crippen molar-refractivity contribution in [3.63, 3.8) is 0 Å². The van der Waals surface area contributed by atoms with E-state index in [4.69, 9.17) is 5.73 Å². The highest BCUT2D eigenvalue weighted by molar-refractivity contribution is 5.82. The van der Waals surface area contributed by atoms with E-state index < -0.39 is 0 Å². The molecule has 0 aromatic rings. The summed E-state index contributed by atoms with van der Waals surface area (Å²) in [7, 11) is 0. The largest absolute Gasteiger partial charge is 0.339 e. The number of carbonyl (C=O) groups is 1. The van der Waals surface area contributed by atoms with Crippen LogP contribution in [0.1, 0.15) is 58.3 Å². The van der Waals surface area contributed by atoms with Crippen LogP contribution in [-0.2, 0) is 4.79 Å². The minimum atomic E-state index is -0.251. The summed E-state index contributed by atoms with van der Waals surface area (Å²) in [4.78, 5) is 14.2. The normalized spacial score (nSPS) is 28.4. The average molecular weight is 238 g/mol. The Hall–Kier alpha value is -0.570. The minimum Gasteiger partial charge on any atom is -0.339 e. The Morgan fingerprint density at radius 2 is 1.94 bits per heavy atom. The molecular formula is C14H26N2O. The molecule has 98 valence electrons. The second-order valence-electron chi connectivity index (χ2n) is 5.87. The first-order valence-electron chi connectivity index (χ1n) is 7.24. The molecule has 0 spiro atoms. The van der Waals surface area contributed by atoms with Gasteiger partial charge >= 0.3 is 0 Å². The van der Waals surface area contributed by atoms with Crippen LogP contribution >= 0.6 is 0 Å². The fourth-order valence-electron chi connectivity index (χ4n) is 3.36. The maximum absolute atomic E-state index is 12.2. The van der Waals surface area contributed by atoms with Crippen LogP contribution in [0.3, 0.4) is 0 Å². The van der Waals surface area contributed by atoms with E-state index in [0.29, 0.717) is 12.0 Å². The quantitative estimate of drug-likeness (QED) is 0.820. The van der Waals surface area contributed by atoms with Crippen molar-refractivity contribution in [2.24, 2.45) is 11.7 Å². The summed E-state index contributed by atoms with van der Waals surface area (Å²) in [6, 6.07) is 0.151. The molecule has 3 heteroatoms. The second-order valence-corrected chi connectivity index (χ2v) is 5.87. The minimum absolute atomic E-state index is 0.195. The van der Waals surface area contributed by atoms with Gasteiger partial charge in [-0.15, -0.1) is 0 Å². The fourth-order valence-corrected chi connectivity index (χ4v) is 3.36. The molecule has 1 amide bonds. The molecule has 1 heterocycles. The van der Waals surface area contributed by atoms with Crippen molar-refractivity contribution < 1.29 is 4.79 Å². The van der Waals surface area contributed by atoms with Crippen molar-refractivity contribution in [2.45, 2.75) is 70.4 Å². The SMILES string of the molecule is CC1CCCN1C(=O)C(N)CC1CCCCC1. The molecule has 17 heavy (non-hydrogen) atoms. The molecule has 2 N–H and O–H groups in total. The Morgan fingerprint density at radius 1 is 1.24 bits per heavy atom. The number of nitrogens with zero attached hydrogens (tertiary/aromatic N) is 1. The molecule has 0 bridgehead atoms. The summed E-state index contributed by atoms with van der Waals surface area (Å²) >= 11 is 0. The van der Waals surface area contributed by atoms with E-state index in [1.165, 1.54) is 32.1 Å². The summed E-state index contributed by atoms with van der Waals surface area (Å²) in [6.07, 6.45) is 9.75. The monoisotopic (exact) mass is 238 g/mol. The highest BCUT2D eigenvalue weighted by Gasteiger charge is 2.30. The molecule has 1 aliphatic carbocycles. The topological polar surface area (TPSA) is 46.3 Å². The van der Waals surface area contributed by atoms with Gasteiger partial charge in [0, 0.05) is 12.6 Å². The molecule has 0 radical (unpaired) electrons. The molecule has 1 saturated carbocycles. The van der Waals surface area contributed by atoms with Crippen molar-refractivity contribution in [2.75, 3.05) is 6.54 Å². The summed E-state index contributed by atoms with van der Waals surface area (Å²) < 4.78 is 0. The van der Waals surface area contributed by atoms with Crippen LogP contribution in [0.4, 0.5) is 0 Å². The number of hydrogen-bond donors (Lipinski definition) is 1. The van der Waals surface area contributed by atoms with Crippen LogP contribution in [0.25, 0.3) is 0 Å². The molecule has 2 fully saturated rings. The van der Waals surface area contributed by atoms with Gasteiger partial charge in [0.1, 0.15) is 0 Å². The van der Waals surface area contributed by atoms with Crippen molar-refractivity contribution in [3.05, 3.63) is 0 Å². The van der Waals surface area contributed by atoms with Crippen molar-refractivity contribution in [1.29, 1.82) is 0 Å². The van der Waals surface area contributed by atoms with Gasteiger partial charge in [0.15, 0.2) is 0 Å². The standard InChI is InChI=1S/C14H26N2O/c1-11-6-5-9-16(11)14(17)13(15)10-12-7-3-2-4-8-12/h11-13H,2-10,15H2,1H3. The van der Waals surface area contributed by atoms with Gasteiger partial charge < -0.3 is 10.6 Å². The van der Waals surface area contributed by atoms with Crippen LogP contribution < -0.4 is 5.73 Å². The Labute approximate surface area is 105 Å². The van der Waals surface area contributed by atoms with E-state index in [1.807, 2.05) is 4.90 Å². The molecule has 2 rings (SSSR count). The van der Waals surface area contributed by atoms with Crippen LogP contribution in [0.5, 0.6) is 0 Å². The number of carbonyl (C=O) groups excluding carboxylic acids is 1. The van der Waals surface area contributed by atoms with Crippen molar-refractivity contribution >= 4 is 5.91 Å². The van der Waals surface area contributed by atoms with E-state index in [-0.39, 0.29) is 11.9 Å². The lowest BCUT2D eigenvalue weighted by molar-refractivity contribution is -0.133. The van der Waals surface area contributed by atoms with Gasteiger partial charge in [0.2, 0.25) is 5.91 Å². The number of amides is 1. The summed E-state index contributed by atoms with van der Waals surface area (Å²) in [6.45, 7) is 3.05. The third kappa shape index (κ3) is 3.21. The Morgan fingerprint density at radius 3 is 2.53 bits per heavy atom. The third-order valence-electron chi connectivity index (χ3n) is 4.47. The first-order chi connectivity index (χ1) is 8.18. The summed E-state index contributed by atoms with van der Waals surface area (Å²) in [5.74, 6) is 0.890. The van der Waals surface area contributed by atoms with Crippen molar-refractivity contribution in [1.82, 2.24) is 4.90 Å². The van der Waals surface area contributed by atoms with Crippen molar-refractivity contribution in [3.8, 4) is 0 Å². The first-order valence-corrected chi connectivity index (χ1v) is 7.24. The lowest BCUT2D eigenvalue weighted by Crippen LogP contribution is -2.46. The average Bonchev–Trinajstić information content (AvgIpc) is 2.76. The zero-order chi connectivity index (χ0) is 12.3. The van der Waals surface area contributed by atoms with Crippen LogP contribution in [0.15, 0.2) is 0 Å². The lowest BCUT2D eigenvalue weighted by Gasteiger charge is -2.28. The van der Waals surface area contributed by atoms with E-state index >= 15 is 0 Å². The molecule has 0 aromatic carbocycles. The third-order valence-corrected chi connectivity index (χ3v) is 4.47. The second kappa shape index (κ2) is 5.85. The van der Waals surface area contributed by atoms with E-state index in [1.54, 1.807) is 0 Å².